The highest BCUT2D eigenvalue weighted by Gasteiger charge is 2.28. The maximum Gasteiger partial charge on any atom is 0.243 e. The zero-order chi connectivity index (χ0) is 11.5. The van der Waals surface area contributed by atoms with Gasteiger partial charge in [-0.25, -0.2) is 9.97 Å². The van der Waals surface area contributed by atoms with Crippen molar-refractivity contribution in [3.05, 3.63) is 18.1 Å². The fraction of sp³-hybridized carbons (Fsp3) is 0.500. The predicted octanol–water partition coefficient (Wildman–Crippen LogP) is -0.0896. The summed E-state index contributed by atoms with van der Waals surface area (Å²) < 4.78 is 5.45. The molecule has 1 aromatic rings. The van der Waals surface area contributed by atoms with Crippen LogP contribution in [-0.4, -0.2) is 33.6 Å². The van der Waals surface area contributed by atoms with Gasteiger partial charge in [0.05, 0.1) is 12.7 Å². The lowest BCUT2D eigenvalue weighted by Gasteiger charge is -2.30. The molecule has 1 saturated carbocycles. The lowest BCUT2D eigenvalue weighted by atomic mass is 9.83. The van der Waals surface area contributed by atoms with E-state index in [9.17, 15) is 0 Å². The first-order chi connectivity index (χ1) is 7.66. The van der Waals surface area contributed by atoms with Crippen molar-refractivity contribution in [2.24, 2.45) is 11.7 Å². The van der Waals surface area contributed by atoms with Crippen LogP contribution in [0.2, 0.25) is 0 Å². The molecule has 0 aromatic carbocycles. The molecule has 0 saturated heterocycles. The van der Waals surface area contributed by atoms with Crippen LogP contribution in [0.5, 0.6) is 5.88 Å². The number of ether oxygens (including phenoxy) is 1. The Labute approximate surface area is 93.0 Å². The Hall–Kier alpha value is -1.69. The number of aliphatic hydroxyl groups is 1. The van der Waals surface area contributed by atoms with E-state index in [2.05, 4.69) is 9.97 Å². The number of aliphatic hydroxyl groups excluding tert-OH is 1. The minimum atomic E-state index is -0.192. The molecule has 0 unspecified atom stereocenters. The highest BCUT2D eigenvalue weighted by molar-refractivity contribution is 5.94. The summed E-state index contributed by atoms with van der Waals surface area (Å²) in [5.74, 6) is 0.491. The highest BCUT2D eigenvalue weighted by atomic mass is 16.5. The molecule has 0 bridgehead atoms. The van der Waals surface area contributed by atoms with Crippen LogP contribution in [0.4, 0.5) is 0 Å². The van der Waals surface area contributed by atoms with Gasteiger partial charge in [0.1, 0.15) is 5.84 Å². The maximum absolute atomic E-state index is 9.12. The van der Waals surface area contributed by atoms with E-state index in [1.807, 2.05) is 0 Å². The molecule has 1 aliphatic carbocycles. The molecule has 86 valence electrons. The van der Waals surface area contributed by atoms with E-state index in [0.717, 1.165) is 12.8 Å². The summed E-state index contributed by atoms with van der Waals surface area (Å²) in [5, 5.41) is 16.4. The van der Waals surface area contributed by atoms with Crippen LogP contribution in [0.3, 0.4) is 0 Å². The predicted molar refractivity (Wildman–Crippen MR) is 57.3 cm³/mol. The van der Waals surface area contributed by atoms with Crippen molar-refractivity contribution in [3.8, 4) is 5.88 Å². The van der Waals surface area contributed by atoms with Crippen LogP contribution in [0, 0.1) is 11.3 Å². The Bertz CT molecular complexity index is 390. The molecule has 0 aliphatic heterocycles. The SMILES string of the molecule is N=C(N)c1nccnc1OCC1CC(O)C1. The lowest BCUT2D eigenvalue weighted by molar-refractivity contribution is 0.0193. The van der Waals surface area contributed by atoms with Gasteiger partial charge in [-0.3, -0.25) is 5.41 Å². The second-order valence-electron chi connectivity index (χ2n) is 3.93. The Morgan fingerprint density at radius 2 is 2.19 bits per heavy atom. The monoisotopic (exact) mass is 222 g/mol. The van der Waals surface area contributed by atoms with Gasteiger partial charge in [-0.05, 0) is 18.8 Å². The van der Waals surface area contributed by atoms with E-state index in [1.165, 1.54) is 12.4 Å². The van der Waals surface area contributed by atoms with Gasteiger partial charge < -0.3 is 15.6 Å². The first-order valence-electron chi connectivity index (χ1n) is 5.13. The van der Waals surface area contributed by atoms with Crippen LogP contribution < -0.4 is 10.5 Å². The van der Waals surface area contributed by atoms with E-state index in [0.29, 0.717) is 12.5 Å². The van der Waals surface area contributed by atoms with Crippen LogP contribution in [0.1, 0.15) is 18.5 Å². The molecule has 1 aliphatic rings. The molecule has 1 fully saturated rings. The summed E-state index contributed by atoms with van der Waals surface area (Å²) >= 11 is 0. The van der Waals surface area contributed by atoms with Crippen LogP contribution >= 0.6 is 0 Å². The zero-order valence-electron chi connectivity index (χ0n) is 8.76. The first kappa shape index (κ1) is 10.8. The maximum atomic E-state index is 9.12. The minimum absolute atomic E-state index is 0.156. The van der Waals surface area contributed by atoms with Gasteiger partial charge in [0, 0.05) is 12.4 Å². The van der Waals surface area contributed by atoms with Gasteiger partial charge in [-0.15, -0.1) is 0 Å². The number of amidine groups is 1. The Morgan fingerprint density at radius 1 is 1.50 bits per heavy atom. The van der Waals surface area contributed by atoms with Crippen LogP contribution in [0.15, 0.2) is 12.4 Å². The zero-order valence-corrected chi connectivity index (χ0v) is 8.76. The van der Waals surface area contributed by atoms with Gasteiger partial charge >= 0.3 is 0 Å². The standard InChI is InChI=1S/C10H14N4O2/c11-9(12)8-10(14-2-1-13-8)16-5-6-3-7(15)4-6/h1-2,6-7,15H,3-5H2,(H3,11,12). The third-order valence-corrected chi connectivity index (χ3v) is 2.59. The number of hydrogen-bond donors (Lipinski definition) is 3. The third-order valence-electron chi connectivity index (χ3n) is 2.59. The van der Waals surface area contributed by atoms with Gasteiger partial charge in [0.2, 0.25) is 5.88 Å². The van der Waals surface area contributed by atoms with Crippen molar-refractivity contribution in [1.29, 1.82) is 5.41 Å². The Morgan fingerprint density at radius 3 is 2.81 bits per heavy atom. The van der Waals surface area contributed by atoms with Crippen molar-refractivity contribution >= 4 is 5.84 Å². The fourth-order valence-electron chi connectivity index (χ4n) is 1.65. The number of aromatic nitrogens is 2. The first-order valence-corrected chi connectivity index (χ1v) is 5.13. The van der Waals surface area contributed by atoms with Crippen molar-refractivity contribution < 1.29 is 9.84 Å². The molecule has 0 amide bonds. The van der Waals surface area contributed by atoms with Gasteiger partial charge in [0.25, 0.3) is 0 Å². The lowest BCUT2D eigenvalue weighted by Crippen LogP contribution is -2.33. The molecule has 1 heterocycles. The molecular weight excluding hydrogens is 208 g/mol. The number of nitrogens with one attached hydrogen (secondary N) is 1. The summed E-state index contributed by atoms with van der Waals surface area (Å²) in [6.45, 7) is 0.482. The number of nitrogens with zero attached hydrogens (tertiary/aromatic N) is 2. The van der Waals surface area contributed by atoms with Crippen LogP contribution in [-0.2, 0) is 0 Å². The molecule has 2 rings (SSSR count). The average molecular weight is 222 g/mol. The molecule has 4 N–H and O–H groups in total. The molecule has 6 nitrogen and oxygen atoms in total. The molecular formula is C10H14N4O2. The van der Waals surface area contributed by atoms with Gasteiger partial charge in [0.15, 0.2) is 5.69 Å². The number of nitrogens with two attached hydrogens (primary N) is 1. The molecule has 0 radical (unpaired) electrons. The third kappa shape index (κ3) is 2.27. The Kier molecular flexibility index (Phi) is 3.00. The van der Waals surface area contributed by atoms with Crippen molar-refractivity contribution in [2.45, 2.75) is 18.9 Å². The van der Waals surface area contributed by atoms with Crippen molar-refractivity contribution in [2.75, 3.05) is 6.61 Å². The number of nitrogen functional groups attached to an aromatic ring is 1. The number of hydrogen-bond acceptors (Lipinski definition) is 5. The van der Waals surface area contributed by atoms with E-state index in [1.54, 1.807) is 0 Å². The Balaban J connectivity index is 1.95. The number of rotatable bonds is 4. The molecule has 1 aromatic heterocycles. The van der Waals surface area contributed by atoms with Gasteiger partial charge in [-0.2, -0.15) is 0 Å². The summed E-state index contributed by atoms with van der Waals surface area (Å²) in [4.78, 5) is 7.91. The van der Waals surface area contributed by atoms with Crippen molar-refractivity contribution in [1.82, 2.24) is 9.97 Å². The summed E-state index contributed by atoms with van der Waals surface area (Å²) in [5.41, 5.74) is 5.62. The molecule has 6 heteroatoms. The van der Waals surface area contributed by atoms with E-state index >= 15 is 0 Å². The molecule has 16 heavy (non-hydrogen) atoms. The largest absolute Gasteiger partial charge is 0.476 e. The summed E-state index contributed by atoms with van der Waals surface area (Å²) in [6.07, 6.45) is 4.29. The second-order valence-corrected chi connectivity index (χ2v) is 3.93. The van der Waals surface area contributed by atoms with Crippen molar-refractivity contribution in [3.63, 3.8) is 0 Å². The summed E-state index contributed by atoms with van der Waals surface area (Å²) in [7, 11) is 0. The van der Waals surface area contributed by atoms with Gasteiger partial charge in [-0.1, -0.05) is 0 Å². The second kappa shape index (κ2) is 4.44. The highest BCUT2D eigenvalue weighted by Crippen LogP contribution is 2.27. The van der Waals surface area contributed by atoms with Crippen LogP contribution in [0.25, 0.3) is 0 Å². The quantitative estimate of drug-likeness (QED) is 0.487. The van der Waals surface area contributed by atoms with E-state index in [4.69, 9.17) is 21.0 Å². The normalized spacial score (nSPS) is 23.6. The topological polar surface area (TPSA) is 105 Å². The minimum Gasteiger partial charge on any atom is -0.476 e. The smallest absolute Gasteiger partial charge is 0.243 e. The fourth-order valence-corrected chi connectivity index (χ4v) is 1.65. The van der Waals surface area contributed by atoms with E-state index < -0.39 is 0 Å². The summed E-state index contributed by atoms with van der Waals surface area (Å²) in [6, 6.07) is 0. The van der Waals surface area contributed by atoms with E-state index in [-0.39, 0.29) is 23.5 Å². The average Bonchev–Trinajstić information content (AvgIpc) is 2.23. The molecule has 0 atom stereocenters. The molecule has 0 spiro atoms.